The SMILES string of the molecule is COCCn1cc([C@H]2OCC[C@@H]2NCc2cccc(C#N)c2F)cn1. The summed E-state index contributed by atoms with van der Waals surface area (Å²) in [5, 5.41) is 16.6. The van der Waals surface area contributed by atoms with Gasteiger partial charge in [0.15, 0.2) is 0 Å². The standard InChI is InChI=1S/C18H21FN4O2/c1-24-8-6-23-12-15(11-22-23)18-16(5-7-25-18)21-10-14-4-2-3-13(9-20)17(14)19/h2-4,11-12,16,18,21H,5-8,10H2,1H3/t16-,18+/m0/s1. The third-order valence-corrected chi connectivity index (χ3v) is 4.35. The Morgan fingerprint density at radius 3 is 3.20 bits per heavy atom. The van der Waals surface area contributed by atoms with Gasteiger partial charge in [-0.3, -0.25) is 4.68 Å². The van der Waals surface area contributed by atoms with Crippen LogP contribution in [0.1, 0.15) is 29.2 Å². The molecule has 132 valence electrons. The number of hydrogen-bond donors (Lipinski definition) is 1. The minimum absolute atomic E-state index is 0.0675. The summed E-state index contributed by atoms with van der Waals surface area (Å²) in [6.07, 6.45) is 4.49. The zero-order chi connectivity index (χ0) is 17.6. The average Bonchev–Trinajstić information content (AvgIpc) is 3.28. The van der Waals surface area contributed by atoms with Gasteiger partial charge in [0.2, 0.25) is 0 Å². The summed E-state index contributed by atoms with van der Waals surface area (Å²) in [6.45, 7) is 2.28. The summed E-state index contributed by atoms with van der Waals surface area (Å²) in [5.74, 6) is -0.458. The number of rotatable bonds is 7. The number of nitriles is 1. The van der Waals surface area contributed by atoms with Crippen LogP contribution in [0.2, 0.25) is 0 Å². The van der Waals surface area contributed by atoms with Crippen molar-refractivity contribution in [1.82, 2.24) is 15.1 Å². The van der Waals surface area contributed by atoms with E-state index in [9.17, 15) is 4.39 Å². The first-order valence-electron chi connectivity index (χ1n) is 8.26. The summed E-state index contributed by atoms with van der Waals surface area (Å²) in [5.41, 5.74) is 1.55. The van der Waals surface area contributed by atoms with Crippen molar-refractivity contribution < 1.29 is 13.9 Å². The Labute approximate surface area is 146 Å². The maximum absolute atomic E-state index is 14.2. The van der Waals surface area contributed by atoms with Crippen molar-refractivity contribution in [3.8, 4) is 6.07 Å². The summed E-state index contributed by atoms with van der Waals surface area (Å²) >= 11 is 0. The fraction of sp³-hybridized carbons (Fsp3) is 0.444. The van der Waals surface area contributed by atoms with Gasteiger partial charge >= 0.3 is 0 Å². The van der Waals surface area contributed by atoms with Crippen molar-refractivity contribution in [3.63, 3.8) is 0 Å². The van der Waals surface area contributed by atoms with Crippen LogP contribution in [0.4, 0.5) is 4.39 Å². The number of hydrogen-bond acceptors (Lipinski definition) is 5. The van der Waals surface area contributed by atoms with Crippen molar-refractivity contribution >= 4 is 0 Å². The molecule has 1 aliphatic heterocycles. The Kier molecular flexibility index (Phi) is 5.76. The van der Waals surface area contributed by atoms with Crippen molar-refractivity contribution in [3.05, 3.63) is 53.1 Å². The van der Waals surface area contributed by atoms with E-state index in [0.717, 1.165) is 12.0 Å². The van der Waals surface area contributed by atoms with E-state index in [1.807, 2.05) is 16.9 Å². The highest BCUT2D eigenvalue weighted by Gasteiger charge is 2.30. The van der Waals surface area contributed by atoms with Gasteiger partial charge in [0.05, 0.1) is 24.9 Å². The van der Waals surface area contributed by atoms with Crippen molar-refractivity contribution in [1.29, 1.82) is 5.26 Å². The molecule has 25 heavy (non-hydrogen) atoms. The van der Waals surface area contributed by atoms with Crippen molar-refractivity contribution in [2.24, 2.45) is 0 Å². The molecule has 1 aliphatic rings. The molecule has 1 N–H and O–H groups in total. The smallest absolute Gasteiger partial charge is 0.145 e. The van der Waals surface area contributed by atoms with Crippen LogP contribution in [0.5, 0.6) is 0 Å². The van der Waals surface area contributed by atoms with Gasteiger partial charge in [0.1, 0.15) is 18.0 Å². The lowest BCUT2D eigenvalue weighted by molar-refractivity contribution is 0.0982. The second-order valence-corrected chi connectivity index (χ2v) is 5.99. The summed E-state index contributed by atoms with van der Waals surface area (Å²) in [4.78, 5) is 0. The fourth-order valence-corrected chi connectivity index (χ4v) is 3.00. The molecule has 2 atom stereocenters. The maximum atomic E-state index is 14.2. The molecule has 1 aromatic heterocycles. The molecule has 0 unspecified atom stereocenters. The van der Waals surface area contributed by atoms with Gasteiger partial charge in [-0.1, -0.05) is 12.1 Å². The van der Waals surface area contributed by atoms with Gasteiger partial charge in [-0.05, 0) is 12.5 Å². The molecule has 0 spiro atoms. The average molecular weight is 344 g/mol. The Morgan fingerprint density at radius 2 is 2.40 bits per heavy atom. The number of methoxy groups -OCH3 is 1. The molecule has 0 amide bonds. The van der Waals surface area contributed by atoms with Crippen LogP contribution < -0.4 is 5.32 Å². The molecule has 2 heterocycles. The number of aromatic nitrogens is 2. The van der Waals surface area contributed by atoms with E-state index in [1.165, 1.54) is 6.07 Å². The summed E-state index contributed by atoms with van der Waals surface area (Å²) in [6, 6.07) is 6.81. The molecular formula is C18H21FN4O2. The molecule has 1 saturated heterocycles. The van der Waals surface area contributed by atoms with E-state index < -0.39 is 5.82 Å². The number of ether oxygens (including phenoxy) is 2. The monoisotopic (exact) mass is 344 g/mol. The first kappa shape index (κ1) is 17.5. The maximum Gasteiger partial charge on any atom is 0.145 e. The highest BCUT2D eigenvalue weighted by molar-refractivity contribution is 5.35. The quantitative estimate of drug-likeness (QED) is 0.833. The molecule has 1 fully saturated rings. The Balaban J connectivity index is 1.64. The number of halogens is 1. The molecule has 0 radical (unpaired) electrons. The highest BCUT2D eigenvalue weighted by atomic mass is 19.1. The van der Waals surface area contributed by atoms with Gasteiger partial charge in [-0.15, -0.1) is 0 Å². The Morgan fingerprint density at radius 1 is 1.52 bits per heavy atom. The number of benzene rings is 1. The number of nitrogens with one attached hydrogen (secondary N) is 1. The third-order valence-electron chi connectivity index (χ3n) is 4.35. The molecule has 0 aliphatic carbocycles. The predicted octanol–water partition coefficient (Wildman–Crippen LogP) is 2.16. The van der Waals surface area contributed by atoms with Crippen LogP contribution in [0.15, 0.2) is 30.6 Å². The minimum atomic E-state index is -0.458. The second-order valence-electron chi connectivity index (χ2n) is 5.99. The summed E-state index contributed by atoms with van der Waals surface area (Å²) < 4.78 is 26.9. The van der Waals surface area contributed by atoms with E-state index in [0.29, 0.717) is 31.9 Å². The summed E-state index contributed by atoms with van der Waals surface area (Å²) in [7, 11) is 1.66. The van der Waals surface area contributed by atoms with Crippen LogP contribution >= 0.6 is 0 Å². The van der Waals surface area contributed by atoms with Gasteiger partial charge in [0.25, 0.3) is 0 Å². The number of nitrogens with zero attached hydrogens (tertiary/aromatic N) is 3. The van der Waals surface area contributed by atoms with Crippen LogP contribution in [0.3, 0.4) is 0 Å². The molecule has 7 heteroatoms. The largest absolute Gasteiger partial charge is 0.383 e. The lowest BCUT2D eigenvalue weighted by Crippen LogP contribution is -2.31. The molecule has 6 nitrogen and oxygen atoms in total. The zero-order valence-electron chi connectivity index (χ0n) is 14.1. The van der Waals surface area contributed by atoms with E-state index in [4.69, 9.17) is 14.7 Å². The van der Waals surface area contributed by atoms with Crippen LogP contribution in [0.25, 0.3) is 0 Å². The van der Waals surface area contributed by atoms with Gasteiger partial charge in [-0.25, -0.2) is 4.39 Å². The van der Waals surface area contributed by atoms with E-state index >= 15 is 0 Å². The molecule has 0 saturated carbocycles. The van der Waals surface area contributed by atoms with Crippen LogP contribution in [-0.4, -0.2) is 36.1 Å². The lowest BCUT2D eigenvalue weighted by Gasteiger charge is -2.19. The van der Waals surface area contributed by atoms with Crippen molar-refractivity contribution in [2.45, 2.75) is 31.7 Å². The topological polar surface area (TPSA) is 72.1 Å². The Hall–Kier alpha value is -2.27. The second kappa shape index (κ2) is 8.21. The fourth-order valence-electron chi connectivity index (χ4n) is 3.00. The van der Waals surface area contributed by atoms with E-state index in [2.05, 4.69) is 10.4 Å². The van der Waals surface area contributed by atoms with E-state index in [1.54, 1.807) is 25.4 Å². The van der Waals surface area contributed by atoms with Gasteiger partial charge in [-0.2, -0.15) is 10.4 Å². The van der Waals surface area contributed by atoms with Crippen molar-refractivity contribution in [2.75, 3.05) is 20.3 Å². The Bertz CT molecular complexity index is 756. The molecular weight excluding hydrogens is 323 g/mol. The molecule has 0 bridgehead atoms. The lowest BCUT2D eigenvalue weighted by atomic mass is 10.0. The van der Waals surface area contributed by atoms with Gasteiger partial charge < -0.3 is 14.8 Å². The van der Waals surface area contributed by atoms with Gasteiger partial charge in [0, 0.05) is 43.6 Å². The van der Waals surface area contributed by atoms with Crippen LogP contribution in [-0.2, 0) is 22.6 Å². The third kappa shape index (κ3) is 4.04. The predicted molar refractivity (Wildman–Crippen MR) is 89.2 cm³/mol. The molecule has 2 aromatic rings. The minimum Gasteiger partial charge on any atom is -0.383 e. The van der Waals surface area contributed by atoms with Crippen LogP contribution in [0, 0.1) is 17.1 Å². The first-order chi connectivity index (χ1) is 12.2. The molecule has 3 rings (SSSR count). The first-order valence-corrected chi connectivity index (χ1v) is 8.26. The highest BCUT2D eigenvalue weighted by Crippen LogP contribution is 2.29. The molecule has 1 aromatic carbocycles. The normalized spacial score (nSPS) is 19.9. The van der Waals surface area contributed by atoms with E-state index in [-0.39, 0.29) is 17.7 Å². The zero-order valence-corrected chi connectivity index (χ0v) is 14.1.